The van der Waals surface area contributed by atoms with E-state index in [1.54, 1.807) is 29.3 Å². The van der Waals surface area contributed by atoms with Crippen LogP contribution in [0.25, 0.3) is 33.4 Å². The second kappa shape index (κ2) is 7.29. The molecule has 9 heteroatoms. The number of hydrogen-bond acceptors (Lipinski definition) is 6. The Hall–Kier alpha value is -4.11. The van der Waals surface area contributed by atoms with Crippen molar-refractivity contribution in [2.75, 3.05) is 5.73 Å². The maximum atomic E-state index is 13.2. The molecule has 154 valence electrons. The second-order valence-electron chi connectivity index (χ2n) is 7.22. The number of aliphatic hydroxyl groups is 1. The van der Waals surface area contributed by atoms with Gasteiger partial charge in [0.2, 0.25) is 5.95 Å². The summed E-state index contributed by atoms with van der Waals surface area (Å²) in [5.41, 5.74) is 10.6. The van der Waals surface area contributed by atoms with E-state index in [4.69, 9.17) is 5.73 Å². The van der Waals surface area contributed by atoms with E-state index in [-0.39, 0.29) is 11.8 Å². The predicted molar refractivity (Wildman–Crippen MR) is 114 cm³/mol. The first-order valence-corrected chi connectivity index (χ1v) is 9.52. The van der Waals surface area contributed by atoms with Crippen LogP contribution in [0.5, 0.6) is 0 Å². The number of nitrogen functional groups attached to an aromatic ring is 1. The normalized spacial score (nSPS) is 12.4. The fourth-order valence-electron chi connectivity index (χ4n) is 3.52. The number of fused-ring (bicyclic) bond motifs is 1. The number of H-pyrrole nitrogens is 1. The molecule has 0 aliphatic rings. The highest BCUT2D eigenvalue weighted by Crippen LogP contribution is 2.32. The summed E-state index contributed by atoms with van der Waals surface area (Å²) in [5, 5.41) is 15.8. The number of nitrogens with two attached hydrogens (primary N) is 1. The molecule has 0 bridgehead atoms. The molecule has 5 rings (SSSR count). The molecule has 0 radical (unpaired) electrons. The van der Waals surface area contributed by atoms with Gasteiger partial charge in [0.1, 0.15) is 17.6 Å². The van der Waals surface area contributed by atoms with Crippen molar-refractivity contribution in [1.82, 2.24) is 29.7 Å². The lowest BCUT2D eigenvalue weighted by molar-refractivity contribution is 0.215. The van der Waals surface area contributed by atoms with Crippen molar-refractivity contribution in [1.29, 1.82) is 0 Å². The van der Waals surface area contributed by atoms with E-state index >= 15 is 0 Å². The minimum atomic E-state index is -1.07. The molecule has 1 unspecified atom stereocenters. The lowest BCUT2D eigenvalue weighted by atomic mass is 10.0. The molecule has 4 N–H and O–H groups in total. The monoisotopic (exact) mass is 415 g/mol. The number of benzene rings is 1. The van der Waals surface area contributed by atoms with Crippen molar-refractivity contribution in [2.45, 2.75) is 6.10 Å². The van der Waals surface area contributed by atoms with E-state index in [0.29, 0.717) is 22.6 Å². The average molecular weight is 415 g/mol. The van der Waals surface area contributed by atoms with Gasteiger partial charge in [0.25, 0.3) is 0 Å². The summed E-state index contributed by atoms with van der Waals surface area (Å²) in [5.74, 6) is -0.353. The zero-order valence-corrected chi connectivity index (χ0v) is 16.5. The van der Waals surface area contributed by atoms with Crippen LogP contribution in [-0.4, -0.2) is 34.8 Å². The molecule has 1 aromatic carbocycles. The summed E-state index contributed by atoms with van der Waals surface area (Å²) in [4.78, 5) is 16.2. The number of nitrogens with zero attached hydrogens (tertiary/aromatic N) is 5. The van der Waals surface area contributed by atoms with Gasteiger partial charge in [0, 0.05) is 47.7 Å². The molecule has 8 nitrogen and oxygen atoms in total. The maximum Gasteiger partial charge on any atom is 0.220 e. The second-order valence-corrected chi connectivity index (χ2v) is 7.22. The number of aliphatic hydroxyl groups excluding tert-OH is 1. The van der Waals surface area contributed by atoms with Gasteiger partial charge < -0.3 is 15.8 Å². The molecular formula is C22H18FN7O. The first kappa shape index (κ1) is 18.9. The van der Waals surface area contributed by atoms with Gasteiger partial charge in [0.15, 0.2) is 0 Å². The number of aromatic amines is 1. The van der Waals surface area contributed by atoms with E-state index in [2.05, 4.69) is 25.0 Å². The van der Waals surface area contributed by atoms with E-state index in [9.17, 15) is 9.50 Å². The van der Waals surface area contributed by atoms with Crippen LogP contribution in [-0.2, 0) is 7.05 Å². The SMILES string of the molecule is Cn1cc(-c2cnc3[nH]cc(-c4cc(C(O)c5ccc(F)cc5)nc(N)n4)c3c2)cn1. The molecular weight excluding hydrogens is 397 g/mol. The van der Waals surface area contributed by atoms with Gasteiger partial charge in [-0.15, -0.1) is 0 Å². The molecule has 5 aromatic rings. The third kappa shape index (κ3) is 3.51. The lowest BCUT2D eigenvalue weighted by Crippen LogP contribution is -2.07. The Labute approximate surface area is 176 Å². The summed E-state index contributed by atoms with van der Waals surface area (Å²) >= 11 is 0. The fourth-order valence-corrected chi connectivity index (χ4v) is 3.52. The summed E-state index contributed by atoms with van der Waals surface area (Å²) in [6, 6.07) is 9.26. The number of anilines is 1. The van der Waals surface area contributed by atoms with Crippen LogP contribution >= 0.6 is 0 Å². The summed E-state index contributed by atoms with van der Waals surface area (Å²) in [6.07, 6.45) is 6.18. The van der Waals surface area contributed by atoms with Crippen molar-refractivity contribution in [3.63, 3.8) is 0 Å². The van der Waals surface area contributed by atoms with Crippen LogP contribution in [0.15, 0.2) is 61.2 Å². The van der Waals surface area contributed by atoms with E-state index < -0.39 is 6.10 Å². The molecule has 0 spiro atoms. The molecule has 0 aliphatic heterocycles. The van der Waals surface area contributed by atoms with Gasteiger partial charge in [-0.05, 0) is 29.8 Å². The quantitative estimate of drug-likeness (QED) is 0.415. The Morgan fingerprint density at radius 1 is 1.10 bits per heavy atom. The molecule has 1 atom stereocenters. The number of aryl methyl sites for hydroxylation is 1. The van der Waals surface area contributed by atoms with Crippen molar-refractivity contribution in [3.05, 3.63) is 78.3 Å². The highest BCUT2D eigenvalue weighted by molar-refractivity contribution is 5.95. The smallest absolute Gasteiger partial charge is 0.220 e. The van der Waals surface area contributed by atoms with Crippen LogP contribution < -0.4 is 5.73 Å². The van der Waals surface area contributed by atoms with Crippen LogP contribution in [0.3, 0.4) is 0 Å². The first-order valence-electron chi connectivity index (χ1n) is 9.52. The number of nitrogens with one attached hydrogen (secondary N) is 1. The predicted octanol–water partition coefficient (Wildman–Crippen LogP) is 3.22. The van der Waals surface area contributed by atoms with Gasteiger partial charge in [-0.25, -0.2) is 19.3 Å². The Balaban J connectivity index is 1.59. The standard InChI is InChI=1S/C22H18FN7O/c1-30-11-14(9-27-30)13-6-16-17(10-26-21(16)25-8-13)18-7-19(29-22(24)28-18)20(31)12-2-4-15(23)5-3-12/h2-11,20,31H,1H3,(H,25,26)(H2,24,28,29). The van der Waals surface area contributed by atoms with Crippen molar-refractivity contribution in [2.24, 2.45) is 7.05 Å². The van der Waals surface area contributed by atoms with Crippen molar-refractivity contribution < 1.29 is 9.50 Å². The molecule has 4 aromatic heterocycles. The van der Waals surface area contributed by atoms with Crippen LogP contribution in [0.4, 0.5) is 10.3 Å². The topological polar surface area (TPSA) is 119 Å². The number of hydrogen-bond donors (Lipinski definition) is 3. The molecule has 31 heavy (non-hydrogen) atoms. The highest BCUT2D eigenvalue weighted by atomic mass is 19.1. The number of halogens is 1. The van der Waals surface area contributed by atoms with Crippen LogP contribution in [0.1, 0.15) is 17.4 Å². The Morgan fingerprint density at radius 2 is 1.90 bits per heavy atom. The molecule has 0 aliphatic carbocycles. The van der Waals surface area contributed by atoms with Gasteiger partial charge in [-0.2, -0.15) is 5.10 Å². The number of aromatic nitrogens is 6. The largest absolute Gasteiger partial charge is 0.382 e. The minimum absolute atomic E-state index is 0.0272. The van der Waals surface area contributed by atoms with Crippen molar-refractivity contribution in [3.8, 4) is 22.4 Å². The van der Waals surface area contributed by atoms with Gasteiger partial charge in [-0.1, -0.05) is 12.1 Å². The summed E-state index contributed by atoms with van der Waals surface area (Å²) in [7, 11) is 1.86. The first-order chi connectivity index (χ1) is 15.0. The number of rotatable bonds is 4. The highest BCUT2D eigenvalue weighted by Gasteiger charge is 2.17. The minimum Gasteiger partial charge on any atom is -0.382 e. The molecule has 0 amide bonds. The Morgan fingerprint density at radius 3 is 2.65 bits per heavy atom. The van der Waals surface area contributed by atoms with E-state index in [1.165, 1.54) is 24.3 Å². The molecule has 4 heterocycles. The average Bonchev–Trinajstić information content (AvgIpc) is 3.39. The zero-order chi connectivity index (χ0) is 21.5. The molecule has 0 fully saturated rings. The molecule has 0 saturated heterocycles. The zero-order valence-electron chi connectivity index (χ0n) is 16.5. The maximum absolute atomic E-state index is 13.2. The van der Waals surface area contributed by atoms with Crippen LogP contribution in [0.2, 0.25) is 0 Å². The van der Waals surface area contributed by atoms with E-state index in [1.807, 2.05) is 19.3 Å². The van der Waals surface area contributed by atoms with E-state index in [0.717, 1.165) is 22.1 Å². The number of pyridine rings is 1. The third-order valence-electron chi connectivity index (χ3n) is 5.07. The van der Waals surface area contributed by atoms with Crippen molar-refractivity contribution >= 4 is 17.0 Å². The fraction of sp³-hybridized carbons (Fsp3) is 0.0909. The van der Waals surface area contributed by atoms with Gasteiger partial charge >= 0.3 is 0 Å². The summed E-state index contributed by atoms with van der Waals surface area (Å²) < 4.78 is 15.0. The van der Waals surface area contributed by atoms with Crippen LogP contribution in [0, 0.1) is 5.82 Å². The third-order valence-corrected chi connectivity index (χ3v) is 5.07. The molecule has 0 saturated carbocycles. The Bertz CT molecular complexity index is 1390. The summed E-state index contributed by atoms with van der Waals surface area (Å²) in [6.45, 7) is 0. The Kier molecular flexibility index (Phi) is 4.45. The van der Waals surface area contributed by atoms with Gasteiger partial charge in [-0.3, -0.25) is 4.68 Å². The van der Waals surface area contributed by atoms with Gasteiger partial charge in [0.05, 0.1) is 17.6 Å². The lowest BCUT2D eigenvalue weighted by Gasteiger charge is -2.12.